The molecule has 0 fully saturated rings. The fourth-order valence-electron chi connectivity index (χ4n) is 2.90. The second-order valence-corrected chi connectivity index (χ2v) is 7.02. The third kappa shape index (κ3) is 3.88. The van der Waals surface area contributed by atoms with Crippen LogP contribution in [0.4, 0.5) is 11.4 Å². The first-order valence-electron chi connectivity index (χ1n) is 8.86. The minimum atomic E-state index is -0.0998. The number of hydrazone groups is 1. The van der Waals surface area contributed by atoms with Gasteiger partial charge in [0, 0.05) is 16.4 Å². The predicted molar refractivity (Wildman–Crippen MR) is 111 cm³/mol. The lowest BCUT2D eigenvalue weighted by Crippen LogP contribution is -2.21. The molecule has 1 aliphatic rings. The highest BCUT2D eigenvalue weighted by molar-refractivity contribution is 9.10. The molecule has 3 rings (SSSR count). The number of aryl methyl sites for hydroxylation is 1. The first-order chi connectivity index (χ1) is 12.6. The van der Waals surface area contributed by atoms with Gasteiger partial charge >= 0.3 is 0 Å². The van der Waals surface area contributed by atoms with Crippen LogP contribution in [0, 0.1) is 0 Å². The van der Waals surface area contributed by atoms with E-state index in [1.54, 1.807) is 6.20 Å². The highest BCUT2D eigenvalue weighted by Crippen LogP contribution is 2.27. The molecule has 4 nitrogen and oxygen atoms in total. The molecule has 2 aromatic carbocycles. The summed E-state index contributed by atoms with van der Waals surface area (Å²) in [5.41, 5.74) is 4.45. The maximum Gasteiger partial charge on any atom is 0.282 e. The molecule has 5 heteroatoms. The summed E-state index contributed by atoms with van der Waals surface area (Å²) in [5, 5.41) is 9.36. The summed E-state index contributed by atoms with van der Waals surface area (Å²) in [6, 6.07) is 15.7. The third-order valence-electron chi connectivity index (χ3n) is 4.28. The Morgan fingerprint density at radius 3 is 2.54 bits per heavy atom. The van der Waals surface area contributed by atoms with E-state index >= 15 is 0 Å². The van der Waals surface area contributed by atoms with Gasteiger partial charge in [0.2, 0.25) is 0 Å². The van der Waals surface area contributed by atoms with Gasteiger partial charge in [-0.05, 0) is 48.7 Å². The van der Waals surface area contributed by atoms with E-state index in [0.29, 0.717) is 5.57 Å². The van der Waals surface area contributed by atoms with Crippen LogP contribution in [0.15, 0.2) is 69.9 Å². The smallest absolute Gasteiger partial charge is 0.282 e. The van der Waals surface area contributed by atoms with Crippen molar-refractivity contribution in [1.82, 2.24) is 0 Å². The minimum Gasteiger partial charge on any atom is -0.361 e. The number of hydrogen-bond donors (Lipinski definition) is 1. The average molecular weight is 412 g/mol. The monoisotopic (exact) mass is 411 g/mol. The molecule has 0 aliphatic carbocycles. The first kappa shape index (κ1) is 18.4. The topological polar surface area (TPSA) is 44.7 Å². The lowest BCUT2D eigenvalue weighted by Gasteiger charge is -2.12. The summed E-state index contributed by atoms with van der Waals surface area (Å²) in [4.78, 5) is 12.9. The van der Waals surface area contributed by atoms with Gasteiger partial charge in [0.25, 0.3) is 5.91 Å². The number of amides is 1. The molecule has 1 N–H and O–H groups in total. The number of benzene rings is 2. The molecule has 0 saturated heterocycles. The van der Waals surface area contributed by atoms with Crippen LogP contribution in [-0.4, -0.2) is 11.6 Å². The first-order valence-corrected chi connectivity index (χ1v) is 9.65. The molecule has 0 radical (unpaired) electrons. The molecule has 134 valence electrons. The van der Waals surface area contributed by atoms with Crippen molar-refractivity contribution in [2.24, 2.45) is 5.10 Å². The van der Waals surface area contributed by atoms with E-state index in [-0.39, 0.29) is 5.91 Å². The molecule has 0 aromatic heterocycles. The normalized spacial score (nSPS) is 15.5. The number of nitrogens with one attached hydrogen (secondary N) is 1. The van der Waals surface area contributed by atoms with Gasteiger partial charge in [-0.3, -0.25) is 4.79 Å². The Morgan fingerprint density at radius 1 is 1.12 bits per heavy atom. The number of para-hydroxylation sites is 1. The van der Waals surface area contributed by atoms with Crippen LogP contribution in [0.5, 0.6) is 0 Å². The van der Waals surface area contributed by atoms with Crippen LogP contribution in [0.25, 0.3) is 0 Å². The van der Waals surface area contributed by atoms with Crippen LogP contribution in [0.2, 0.25) is 0 Å². The van der Waals surface area contributed by atoms with Crippen molar-refractivity contribution < 1.29 is 4.79 Å². The number of carbonyl (C=O) groups is 1. The Morgan fingerprint density at radius 2 is 1.85 bits per heavy atom. The molecule has 26 heavy (non-hydrogen) atoms. The van der Waals surface area contributed by atoms with Crippen molar-refractivity contribution >= 4 is 38.9 Å². The van der Waals surface area contributed by atoms with Crippen LogP contribution in [-0.2, 0) is 11.2 Å². The molecule has 0 bridgehead atoms. The minimum absolute atomic E-state index is 0.0998. The van der Waals surface area contributed by atoms with E-state index in [4.69, 9.17) is 0 Å². The summed E-state index contributed by atoms with van der Waals surface area (Å²) in [5.74, 6) is -0.0998. The SMILES string of the molecule is CCCC1=NN(c2ccc(Br)cc2)C(=O)/C1=C\Nc1ccccc1CC. The molecule has 1 heterocycles. The summed E-state index contributed by atoms with van der Waals surface area (Å²) >= 11 is 3.42. The van der Waals surface area contributed by atoms with Crippen LogP contribution in [0.3, 0.4) is 0 Å². The second-order valence-electron chi connectivity index (χ2n) is 6.10. The zero-order valence-electron chi connectivity index (χ0n) is 15.0. The van der Waals surface area contributed by atoms with Gasteiger partial charge in [-0.15, -0.1) is 0 Å². The van der Waals surface area contributed by atoms with E-state index in [1.807, 2.05) is 42.5 Å². The Balaban J connectivity index is 1.89. The zero-order chi connectivity index (χ0) is 18.5. The Labute approximate surface area is 162 Å². The number of nitrogens with zero attached hydrogens (tertiary/aromatic N) is 2. The van der Waals surface area contributed by atoms with Crippen molar-refractivity contribution in [3.63, 3.8) is 0 Å². The lowest BCUT2D eigenvalue weighted by atomic mass is 10.1. The largest absolute Gasteiger partial charge is 0.361 e. The van der Waals surface area contributed by atoms with Gasteiger partial charge in [0.05, 0.1) is 17.0 Å². The summed E-state index contributed by atoms with van der Waals surface area (Å²) < 4.78 is 0.972. The van der Waals surface area contributed by atoms with Crippen LogP contribution >= 0.6 is 15.9 Å². The number of carbonyl (C=O) groups excluding carboxylic acids is 1. The molecule has 0 unspecified atom stereocenters. The molecule has 1 aliphatic heterocycles. The Hall–Kier alpha value is -2.40. The predicted octanol–water partition coefficient (Wildman–Crippen LogP) is 5.51. The maximum atomic E-state index is 12.9. The number of hydrogen-bond acceptors (Lipinski definition) is 3. The van der Waals surface area contributed by atoms with Gasteiger partial charge < -0.3 is 5.32 Å². The van der Waals surface area contributed by atoms with Gasteiger partial charge in [-0.2, -0.15) is 10.1 Å². The van der Waals surface area contributed by atoms with Crippen molar-refractivity contribution in [2.45, 2.75) is 33.1 Å². The lowest BCUT2D eigenvalue weighted by molar-refractivity contribution is -0.114. The number of rotatable bonds is 6. The van der Waals surface area contributed by atoms with Crippen molar-refractivity contribution in [3.05, 3.63) is 70.3 Å². The van der Waals surface area contributed by atoms with E-state index in [9.17, 15) is 4.79 Å². The third-order valence-corrected chi connectivity index (χ3v) is 4.81. The summed E-state index contributed by atoms with van der Waals surface area (Å²) in [7, 11) is 0. The highest BCUT2D eigenvalue weighted by Gasteiger charge is 2.30. The van der Waals surface area contributed by atoms with Gasteiger partial charge in [-0.25, -0.2) is 0 Å². The van der Waals surface area contributed by atoms with Crippen molar-refractivity contribution in [3.8, 4) is 0 Å². The molecule has 0 saturated carbocycles. The Kier molecular flexibility index (Phi) is 5.89. The van der Waals surface area contributed by atoms with Gasteiger partial charge in [0.15, 0.2) is 0 Å². The van der Waals surface area contributed by atoms with Gasteiger partial charge in [0.1, 0.15) is 0 Å². The fourth-order valence-corrected chi connectivity index (χ4v) is 3.16. The van der Waals surface area contributed by atoms with E-state index in [2.05, 4.69) is 46.3 Å². The van der Waals surface area contributed by atoms with E-state index in [0.717, 1.165) is 40.8 Å². The second kappa shape index (κ2) is 8.32. The molecule has 0 atom stereocenters. The average Bonchev–Trinajstić information content (AvgIpc) is 2.97. The molecular weight excluding hydrogens is 390 g/mol. The summed E-state index contributed by atoms with van der Waals surface area (Å²) in [6.45, 7) is 4.21. The van der Waals surface area contributed by atoms with Crippen LogP contribution < -0.4 is 10.3 Å². The number of halogens is 1. The molecular formula is C21H22BrN3O. The van der Waals surface area contributed by atoms with Gasteiger partial charge in [-0.1, -0.05) is 54.4 Å². The molecule has 1 amide bonds. The van der Waals surface area contributed by atoms with Crippen molar-refractivity contribution in [2.75, 3.05) is 10.3 Å². The Bertz CT molecular complexity index is 856. The van der Waals surface area contributed by atoms with Crippen molar-refractivity contribution in [1.29, 1.82) is 0 Å². The molecule has 2 aromatic rings. The maximum absolute atomic E-state index is 12.9. The van der Waals surface area contributed by atoms with E-state index < -0.39 is 0 Å². The fraction of sp³-hybridized carbons (Fsp3) is 0.238. The standard InChI is InChI=1S/C21H22BrN3O/c1-3-7-20-18(14-23-19-9-6-5-8-15(19)4-2)21(26)25(24-20)17-12-10-16(22)11-13-17/h5-6,8-14,23H,3-4,7H2,1-2H3/b18-14-. The quantitative estimate of drug-likeness (QED) is 0.636. The number of anilines is 2. The zero-order valence-corrected chi connectivity index (χ0v) is 16.6. The van der Waals surface area contributed by atoms with E-state index in [1.165, 1.54) is 10.6 Å². The van der Waals surface area contributed by atoms with Crippen LogP contribution in [0.1, 0.15) is 32.3 Å². The molecule has 0 spiro atoms. The highest BCUT2D eigenvalue weighted by atomic mass is 79.9. The summed E-state index contributed by atoms with van der Waals surface area (Å²) in [6.07, 6.45) is 4.43.